The van der Waals surface area contributed by atoms with Crippen LogP contribution in [0.1, 0.15) is 30.7 Å². The number of aliphatic imine (C=N–C) groups is 1. The van der Waals surface area contributed by atoms with Crippen LogP contribution in [0.4, 0.5) is 4.79 Å². The van der Waals surface area contributed by atoms with E-state index in [1.165, 1.54) is 4.88 Å². The van der Waals surface area contributed by atoms with E-state index in [-0.39, 0.29) is 30.1 Å². The first-order chi connectivity index (χ1) is 12.2. The average molecular weight is 495 g/mol. The number of rotatable bonds is 6. The van der Waals surface area contributed by atoms with Crippen LogP contribution in [-0.4, -0.2) is 72.7 Å². The highest BCUT2D eigenvalue weighted by Crippen LogP contribution is 2.14. The molecule has 1 aliphatic heterocycles. The highest BCUT2D eigenvalue weighted by molar-refractivity contribution is 14.0. The highest BCUT2D eigenvalue weighted by Gasteiger charge is 2.23. The molecule has 0 unspecified atom stereocenters. The minimum Gasteiger partial charge on any atom is -0.450 e. The number of carbonyl (C=O) groups is 1. The molecule has 9 heteroatoms. The summed E-state index contributed by atoms with van der Waals surface area (Å²) in [5.74, 6) is 0.915. The summed E-state index contributed by atoms with van der Waals surface area (Å²) in [6, 6.07) is 0. The maximum absolute atomic E-state index is 11.8. The second-order valence-electron chi connectivity index (χ2n) is 5.73. The van der Waals surface area contributed by atoms with Crippen LogP contribution < -0.4 is 5.32 Å². The van der Waals surface area contributed by atoms with Gasteiger partial charge in [-0.15, -0.1) is 35.3 Å². The number of thiazole rings is 1. The van der Waals surface area contributed by atoms with Gasteiger partial charge in [-0.3, -0.25) is 4.99 Å². The van der Waals surface area contributed by atoms with Gasteiger partial charge >= 0.3 is 6.09 Å². The van der Waals surface area contributed by atoms with E-state index in [4.69, 9.17) is 9.73 Å². The fraction of sp³-hybridized carbons (Fsp3) is 0.706. The lowest BCUT2D eigenvalue weighted by molar-refractivity contribution is 0.0914. The summed E-state index contributed by atoms with van der Waals surface area (Å²) in [5.41, 5.74) is 0. The van der Waals surface area contributed by atoms with E-state index in [9.17, 15) is 4.79 Å². The smallest absolute Gasteiger partial charge is 0.409 e. The molecule has 2 rings (SSSR count). The molecule has 1 aromatic heterocycles. The van der Waals surface area contributed by atoms with E-state index < -0.39 is 0 Å². The third kappa shape index (κ3) is 6.90. The summed E-state index contributed by atoms with van der Waals surface area (Å²) >= 11 is 1.77. The predicted octanol–water partition coefficient (Wildman–Crippen LogP) is 2.61. The van der Waals surface area contributed by atoms with Gasteiger partial charge in [0.05, 0.1) is 11.6 Å². The number of ether oxygens (including phenoxy) is 1. The van der Waals surface area contributed by atoms with E-state index >= 15 is 0 Å². The van der Waals surface area contributed by atoms with Crippen molar-refractivity contribution >= 4 is 47.4 Å². The molecule has 2 heterocycles. The van der Waals surface area contributed by atoms with Crippen molar-refractivity contribution in [1.29, 1.82) is 0 Å². The van der Waals surface area contributed by atoms with Crippen LogP contribution in [0.5, 0.6) is 0 Å². The molecule has 0 spiro atoms. The summed E-state index contributed by atoms with van der Waals surface area (Å²) in [6.07, 6.45) is 3.64. The van der Waals surface area contributed by atoms with E-state index in [2.05, 4.69) is 29.0 Å². The van der Waals surface area contributed by atoms with Gasteiger partial charge in [0.2, 0.25) is 0 Å². The number of nitrogens with zero attached hydrogens (tertiary/aromatic N) is 4. The summed E-state index contributed by atoms with van der Waals surface area (Å²) in [5, 5.41) is 4.49. The summed E-state index contributed by atoms with van der Waals surface area (Å²) in [6.45, 7) is 10.9. The molecule has 1 N–H and O–H groups in total. The Morgan fingerprint density at radius 3 is 2.54 bits per heavy atom. The van der Waals surface area contributed by atoms with Crippen LogP contribution in [0.15, 0.2) is 11.2 Å². The number of amides is 1. The number of aromatic nitrogens is 1. The van der Waals surface area contributed by atoms with Crippen LogP contribution in [0, 0.1) is 0 Å². The van der Waals surface area contributed by atoms with E-state index in [1.807, 2.05) is 13.1 Å². The van der Waals surface area contributed by atoms with Crippen molar-refractivity contribution in [2.24, 2.45) is 4.99 Å². The zero-order chi connectivity index (χ0) is 18.1. The third-order valence-corrected chi connectivity index (χ3v) is 5.18. The van der Waals surface area contributed by atoms with Gasteiger partial charge in [-0.1, -0.05) is 6.92 Å². The standard InChI is InChI=1S/C17H29N5O2S.HI/c1-4-14-13-20-15(25-14)7-8-19-16(18-5-2)21-9-11-22(12-10-21)17(23)24-6-3;/h13H,4-12H2,1-3H3,(H,18,19);1H. The minimum atomic E-state index is -0.223. The zero-order valence-electron chi connectivity index (χ0n) is 15.9. The number of hydrogen-bond acceptors (Lipinski definition) is 5. The third-order valence-electron chi connectivity index (χ3n) is 3.98. The molecule has 0 atom stereocenters. The van der Waals surface area contributed by atoms with Gasteiger partial charge in [0.1, 0.15) is 0 Å². The minimum absolute atomic E-state index is 0. The Bertz CT molecular complexity index is 573. The average Bonchev–Trinajstić information content (AvgIpc) is 3.09. The van der Waals surface area contributed by atoms with E-state index in [0.29, 0.717) is 19.7 Å². The fourth-order valence-electron chi connectivity index (χ4n) is 2.63. The monoisotopic (exact) mass is 495 g/mol. The van der Waals surface area contributed by atoms with E-state index in [1.54, 1.807) is 16.2 Å². The van der Waals surface area contributed by atoms with Crippen LogP contribution in [0.25, 0.3) is 0 Å². The molecule has 0 aromatic carbocycles. The Hall–Kier alpha value is -1.10. The first-order valence-electron chi connectivity index (χ1n) is 9.06. The molecule has 0 aliphatic carbocycles. The summed E-state index contributed by atoms with van der Waals surface area (Å²) in [4.78, 5) is 26.3. The predicted molar refractivity (Wildman–Crippen MR) is 117 cm³/mol. The van der Waals surface area contributed by atoms with Gasteiger partial charge in [-0.25, -0.2) is 9.78 Å². The Balaban J connectivity index is 0.00000338. The van der Waals surface area contributed by atoms with E-state index in [0.717, 1.165) is 50.0 Å². The van der Waals surface area contributed by atoms with Crippen molar-refractivity contribution in [2.75, 3.05) is 45.9 Å². The molecule has 1 fully saturated rings. The van der Waals surface area contributed by atoms with Crippen molar-refractivity contribution < 1.29 is 9.53 Å². The van der Waals surface area contributed by atoms with Gasteiger partial charge < -0.3 is 19.9 Å². The molecule has 0 bridgehead atoms. The van der Waals surface area contributed by atoms with Crippen LogP contribution in [0.2, 0.25) is 0 Å². The molecule has 26 heavy (non-hydrogen) atoms. The molecule has 1 saturated heterocycles. The Kier molecular flexibility index (Phi) is 10.9. The fourth-order valence-corrected chi connectivity index (χ4v) is 3.48. The van der Waals surface area contributed by atoms with Crippen LogP contribution in [0.3, 0.4) is 0 Å². The van der Waals surface area contributed by atoms with Crippen molar-refractivity contribution in [3.63, 3.8) is 0 Å². The molecule has 7 nitrogen and oxygen atoms in total. The SMILES string of the molecule is CCNC(=NCCc1ncc(CC)s1)N1CCN(C(=O)OCC)CC1.I. The molecular weight excluding hydrogens is 465 g/mol. The van der Waals surface area contributed by atoms with Gasteiger partial charge in [-0.2, -0.15) is 0 Å². The maximum Gasteiger partial charge on any atom is 0.409 e. The number of aryl methyl sites for hydroxylation is 1. The number of hydrogen-bond donors (Lipinski definition) is 1. The second-order valence-corrected chi connectivity index (χ2v) is 6.93. The van der Waals surface area contributed by atoms with Gasteiger partial charge in [0.15, 0.2) is 5.96 Å². The molecule has 1 aliphatic rings. The zero-order valence-corrected chi connectivity index (χ0v) is 19.0. The first kappa shape index (κ1) is 22.9. The Morgan fingerprint density at radius 1 is 1.27 bits per heavy atom. The largest absolute Gasteiger partial charge is 0.450 e. The Morgan fingerprint density at radius 2 is 1.96 bits per heavy atom. The van der Waals surface area contributed by atoms with Crippen molar-refractivity contribution in [1.82, 2.24) is 20.1 Å². The number of halogens is 1. The Labute approximate surface area is 177 Å². The summed E-state index contributed by atoms with van der Waals surface area (Å²) in [7, 11) is 0. The van der Waals surface area contributed by atoms with Crippen LogP contribution in [-0.2, 0) is 17.6 Å². The second kappa shape index (κ2) is 12.3. The van der Waals surface area contributed by atoms with Crippen LogP contribution >= 0.6 is 35.3 Å². The topological polar surface area (TPSA) is 70.1 Å². The van der Waals surface area contributed by atoms with Gasteiger partial charge in [0, 0.05) is 56.8 Å². The van der Waals surface area contributed by atoms with Crippen molar-refractivity contribution in [3.8, 4) is 0 Å². The molecule has 0 radical (unpaired) electrons. The first-order valence-corrected chi connectivity index (χ1v) is 9.88. The lowest BCUT2D eigenvalue weighted by atomic mass is 10.3. The number of piperazine rings is 1. The van der Waals surface area contributed by atoms with Gasteiger partial charge in [-0.05, 0) is 20.3 Å². The number of nitrogens with one attached hydrogen (secondary N) is 1. The molecular formula is C17H30IN5O2S. The van der Waals surface area contributed by atoms with Crippen molar-refractivity contribution in [2.45, 2.75) is 33.6 Å². The quantitative estimate of drug-likeness (QED) is 0.374. The lowest BCUT2D eigenvalue weighted by Crippen LogP contribution is -2.54. The maximum atomic E-state index is 11.8. The molecule has 1 aromatic rings. The molecule has 0 saturated carbocycles. The van der Waals surface area contributed by atoms with Crippen molar-refractivity contribution in [3.05, 3.63) is 16.1 Å². The molecule has 148 valence electrons. The highest BCUT2D eigenvalue weighted by atomic mass is 127. The number of carbonyl (C=O) groups excluding carboxylic acids is 1. The summed E-state index contributed by atoms with van der Waals surface area (Å²) < 4.78 is 5.07. The van der Waals surface area contributed by atoms with Gasteiger partial charge in [0.25, 0.3) is 0 Å². The molecule has 1 amide bonds. The normalized spacial score (nSPS) is 14.8. The number of guanidine groups is 1. The lowest BCUT2D eigenvalue weighted by Gasteiger charge is -2.35.